The molecule has 160 valence electrons. The average molecular weight is 426 g/mol. The summed E-state index contributed by atoms with van der Waals surface area (Å²) in [6.07, 6.45) is 2.53. The van der Waals surface area contributed by atoms with Crippen molar-refractivity contribution in [2.24, 2.45) is 10.2 Å². The predicted octanol–water partition coefficient (Wildman–Crippen LogP) is 2.27. The third kappa shape index (κ3) is 7.45. The van der Waals surface area contributed by atoms with Gasteiger partial charge in [-0.2, -0.15) is 10.2 Å². The lowest BCUT2D eigenvalue weighted by atomic mass is 10.2. The van der Waals surface area contributed by atoms with Gasteiger partial charge < -0.3 is 0 Å². The minimum absolute atomic E-state index is 0.00445. The Kier molecular flexibility index (Phi) is 8.46. The second-order valence-electron chi connectivity index (χ2n) is 6.07. The molecule has 12 nitrogen and oxygen atoms in total. The molecule has 0 saturated heterocycles. The second kappa shape index (κ2) is 11.5. The Morgan fingerprint density at radius 1 is 0.774 bits per heavy atom. The Hall–Kier alpha value is -4.48. The molecule has 2 rings (SSSR count). The summed E-state index contributed by atoms with van der Waals surface area (Å²) in [6, 6.07) is 11.9. The quantitative estimate of drug-likeness (QED) is 0.335. The Morgan fingerprint density at radius 3 is 1.55 bits per heavy atom. The first-order valence-electron chi connectivity index (χ1n) is 8.99. The molecule has 0 bridgehead atoms. The average Bonchev–Trinajstić information content (AvgIpc) is 2.74. The zero-order chi connectivity index (χ0) is 22.6. The number of carbonyl (C=O) groups is 2. The zero-order valence-electron chi connectivity index (χ0n) is 16.1. The zero-order valence-corrected chi connectivity index (χ0v) is 16.1. The molecular weight excluding hydrogens is 408 g/mol. The first-order valence-corrected chi connectivity index (χ1v) is 8.99. The summed E-state index contributed by atoms with van der Waals surface area (Å²) in [6.45, 7) is 0. The van der Waals surface area contributed by atoms with Gasteiger partial charge in [-0.05, 0) is 18.6 Å². The van der Waals surface area contributed by atoms with E-state index in [1.165, 1.54) is 48.8 Å². The molecular formula is C19H18N6O6. The maximum atomic E-state index is 11.8. The molecule has 0 aliphatic rings. The van der Waals surface area contributed by atoms with Crippen LogP contribution in [0.3, 0.4) is 0 Å². The van der Waals surface area contributed by atoms with E-state index in [1.54, 1.807) is 12.1 Å². The predicted molar refractivity (Wildman–Crippen MR) is 112 cm³/mol. The molecule has 0 spiro atoms. The monoisotopic (exact) mass is 426 g/mol. The molecule has 0 aromatic heterocycles. The highest BCUT2D eigenvalue weighted by Gasteiger charge is 2.11. The summed E-state index contributed by atoms with van der Waals surface area (Å²) in [5.74, 6) is -0.933. The van der Waals surface area contributed by atoms with Crippen LogP contribution in [0, 0.1) is 20.2 Å². The van der Waals surface area contributed by atoms with Crippen LogP contribution in [0.15, 0.2) is 58.7 Å². The number of benzene rings is 2. The first-order chi connectivity index (χ1) is 14.9. The summed E-state index contributed by atoms with van der Waals surface area (Å²) in [4.78, 5) is 44.2. The van der Waals surface area contributed by atoms with Crippen LogP contribution in [0.5, 0.6) is 0 Å². The van der Waals surface area contributed by atoms with E-state index in [0.717, 1.165) is 0 Å². The molecule has 0 fully saturated rings. The minimum Gasteiger partial charge on any atom is -0.273 e. The van der Waals surface area contributed by atoms with Crippen LogP contribution >= 0.6 is 0 Å². The Morgan fingerprint density at radius 2 is 1.16 bits per heavy atom. The van der Waals surface area contributed by atoms with Crippen molar-refractivity contribution in [2.45, 2.75) is 19.3 Å². The van der Waals surface area contributed by atoms with E-state index >= 15 is 0 Å². The van der Waals surface area contributed by atoms with E-state index in [1.807, 2.05) is 0 Å². The fraction of sp³-hybridized carbons (Fsp3) is 0.158. The summed E-state index contributed by atoms with van der Waals surface area (Å²) >= 11 is 0. The van der Waals surface area contributed by atoms with Gasteiger partial charge in [0.05, 0.1) is 33.4 Å². The van der Waals surface area contributed by atoms with Crippen molar-refractivity contribution in [1.82, 2.24) is 10.9 Å². The van der Waals surface area contributed by atoms with Crippen LogP contribution in [-0.4, -0.2) is 34.1 Å². The van der Waals surface area contributed by atoms with Crippen molar-refractivity contribution in [2.75, 3.05) is 0 Å². The number of carbonyl (C=O) groups excluding carboxylic acids is 2. The number of nitrogens with one attached hydrogen (secondary N) is 2. The van der Waals surface area contributed by atoms with Gasteiger partial charge in [0.1, 0.15) is 0 Å². The van der Waals surface area contributed by atoms with Crippen molar-refractivity contribution in [3.8, 4) is 0 Å². The number of amides is 2. The lowest BCUT2D eigenvalue weighted by Gasteiger charge is -2.01. The van der Waals surface area contributed by atoms with E-state index in [0.29, 0.717) is 0 Å². The van der Waals surface area contributed by atoms with Crippen molar-refractivity contribution in [3.05, 3.63) is 79.9 Å². The molecule has 2 amide bonds. The van der Waals surface area contributed by atoms with Gasteiger partial charge in [-0.25, -0.2) is 10.9 Å². The van der Waals surface area contributed by atoms with Gasteiger partial charge in [0, 0.05) is 25.0 Å². The number of para-hydroxylation sites is 2. The molecule has 0 saturated carbocycles. The van der Waals surface area contributed by atoms with Gasteiger partial charge in [0.25, 0.3) is 11.4 Å². The highest BCUT2D eigenvalue weighted by atomic mass is 16.6. The number of nitro benzene ring substituents is 2. The fourth-order valence-corrected chi connectivity index (χ4v) is 2.39. The molecule has 0 heterocycles. The highest BCUT2D eigenvalue weighted by molar-refractivity contribution is 5.87. The number of nitrogens with zero attached hydrogens (tertiary/aromatic N) is 4. The van der Waals surface area contributed by atoms with Gasteiger partial charge in [0.2, 0.25) is 11.8 Å². The van der Waals surface area contributed by atoms with Crippen molar-refractivity contribution < 1.29 is 19.4 Å². The summed E-state index contributed by atoms with van der Waals surface area (Å²) in [5.41, 5.74) is 4.67. The van der Waals surface area contributed by atoms with Gasteiger partial charge in [0.15, 0.2) is 0 Å². The van der Waals surface area contributed by atoms with E-state index in [9.17, 15) is 29.8 Å². The largest absolute Gasteiger partial charge is 0.278 e. The number of nitro groups is 2. The maximum Gasteiger partial charge on any atom is 0.278 e. The van der Waals surface area contributed by atoms with E-state index in [2.05, 4.69) is 21.1 Å². The van der Waals surface area contributed by atoms with Gasteiger partial charge >= 0.3 is 0 Å². The van der Waals surface area contributed by atoms with Crippen molar-refractivity contribution in [3.63, 3.8) is 0 Å². The minimum atomic E-state index is -0.555. The third-order valence-electron chi connectivity index (χ3n) is 3.86. The standard InChI is InChI=1S/C19H18N6O6/c26-18(22-20-12-14-6-1-3-8-16(14)24(28)29)10-5-11-19(27)23-21-13-15-7-2-4-9-17(15)25(30)31/h1-4,6-9,12-13H,5,10-11H2,(H,22,26)(H,23,27)/b20-12-,21-13-. The maximum absolute atomic E-state index is 11.8. The van der Waals surface area contributed by atoms with E-state index in [4.69, 9.17) is 0 Å². The lowest BCUT2D eigenvalue weighted by molar-refractivity contribution is -0.385. The molecule has 0 atom stereocenters. The number of hydrazone groups is 2. The number of rotatable bonds is 10. The van der Waals surface area contributed by atoms with Gasteiger partial charge in [-0.15, -0.1) is 0 Å². The van der Waals surface area contributed by atoms with Crippen LogP contribution in [0.1, 0.15) is 30.4 Å². The molecule has 2 aromatic carbocycles. The third-order valence-corrected chi connectivity index (χ3v) is 3.86. The summed E-state index contributed by atoms with van der Waals surface area (Å²) < 4.78 is 0. The van der Waals surface area contributed by atoms with Gasteiger partial charge in [-0.1, -0.05) is 24.3 Å². The fourth-order valence-electron chi connectivity index (χ4n) is 2.39. The SMILES string of the molecule is O=C(CCCC(=O)N/N=C\c1ccccc1[N+](=O)[O-])N/N=C\c1ccccc1[N+](=O)[O-]. The molecule has 31 heavy (non-hydrogen) atoms. The van der Waals surface area contributed by atoms with Crippen LogP contribution in [-0.2, 0) is 9.59 Å². The van der Waals surface area contributed by atoms with Crippen LogP contribution in [0.25, 0.3) is 0 Å². The van der Waals surface area contributed by atoms with Crippen LogP contribution < -0.4 is 10.9 Å². The Labute approximate surface area is 176 Å². The van der Waals surface area contributed by atoms with Crippen molar-refractivity contribution >= 4 is 35.6 Å². The van der Waals surface area contributed by atoms with Crippen molar-refractivity contribution in [1.29, 1.82) is 0 Å². The number of hydrogen-bond acceptors (Lipinski definition) is 8. The molecule has 2 aromatic rings. The smallest absolute Gasteiger partial charge is 0.273 e. The second-order valence-corrected chi connectivity index (χ2v) is 6.07. The van der Waals surface area contributed by atoms with E-state index < -0.39 is 21.7 Å². The van der Waals surface area contributed by atoms with Crippen LogP contribution in [0.4, 0.5) is 11.4 Å². The molecule has 0 aliphatic carbocycles. The first kappa shape index (κ1) is 22.8. The molecule has 0 aliphatic heterocycles. The van der Waals surface area contributed by atoms with Crippen LogP contribution in [0.2, 0.25) is 0 Å². The van der Waals surface area contributed by atoms with Gasteiger partial charge in [-0.3, -0.25) is 29.8 Å². The topological polar surface area (TPSA) is 169 Å². The normalized spacial score (nSPS) is 10.8. The number of hydrogen-bond donors (Lipinski definition) is 2. The highest BCUT2D eigenvalue weighted by Crippen LogP contribution is 2.15. The lowest BCUT2D eigenvalue weighted by Crippen LogP contribution is -2.20. The molecule has 2 N–H and O–H groups in total. The Balaban J connectivity index is 1.73. The summed E-state index contributed by atoms with van der Waals surface area (Å²) in [5, 5.41) is 29.2. The molecule has 0 unspecified atom stereocenters. The van der Waals surface area contributed by atoms with E-state index in [-0.39, 0.29) is 41.8 Å². The summed E-state index contributed by atoms with van der Waals surface area (Å²) in [7, 11) is 0. The molecule has 0 radical (unpaired) electrons. The Bertz CT molecular complexity index is 955. The molecule has 12 heteroatoms.